The number of carbonyl (C=O) groups excluding carboxylic acids is 1. The first kappa shape index (κ1) is 14.7. The molecule has 0 aliphatic heterocycles. The van der Waals surface area contributed by atoms with Crippen LogP contribution in [0.5, 0.6) is 0 Å². The first-order valence-electron chi connectivity index (χ1n) is 5.57. The summed E-state index contributed by atoms with van der Waals surface area (Å²) in [5.41, 5.74) is 0. The molecule has 0 aliphatic carbocycles. The Morgan fingerprint density at radius 1 is 1.33 bits per heavy atom. The number of nitrogens with one attached hydrogen (secondary N) is 1. The highest BCUT2D eigenvalue weighted by Gasteiger charge is 2.07. The molecule has 0 rings (SSSR count). The average Bonchev–Trinajstić information content (AvgIpc) is 2.16. The molecule has 0 radical (unpaired) electrons. The number of rotatable bonds is 7. The molecular weight excluding hydrogens is 212 g/mol. The second-order valence-electron chi connectivity index (χ2n) is 4.19. The van der Waals surface area contributed by atoms with Gasteiger partial charge < -0.3 is 10.2 Å². The van der Waals surface area contributed by atoms with E-state index >= 15 is 0 Å². The number of alkyl halides is 1. The van der Waals surface area contributed by atoms with Gasteiger partial charge in [-0.3, -0.25) is 4.79 Å². The number of unbranched alkanes of at least 4 members (excludes halogenated alkanes) is 1. The lowest BCUT2D eigenvalue weighted by molar-refractivity contribution is -0.120. The minimum absolute atomic E-state index is 0.0751. The third kappa shape index (κ3) is 7.63. The molecule has 90 valence electrons. The molecule has 1 amide bonds. The third-order valence-corrected chi connectivity index (χ3v) is 2.68. The number of halogens is 1. The Hall–Kier alpha value is -0.280. The van der Waals surface area contributed by atoms with Crippen molar-refractivity contribution in [2.75, 3.05) is 20.1 Å². The van der Waals surface area contributed by atoms with Gasteiger partial charge in [0, 0.05) is 12.6 Å². The van der Waals surface area contributed by atoms with Crippen LogP contribution in [0, 0.1) is 0 Å². The second kappa shape index (κ2) is 7.94. The SMILES string of the molecule is CC(Cl)C(=O)NCCCCN(C)C(C)C. The number of hydrogen-bond acceptors (Lipinski definition) is 2. The van der Waals surface area contributed by atoms with Crippen molar-refractivity contribution in [1.29, 1.82) is 0 Å². The summed E-state index contributed by atoms with van der Waals surface area (Å²) < 4.78 is 0. The van der Waals surface area contributed by atoms with Crippen LogP contribution in [0.4, 0.5) is 0 Å². The van der Waals surface area contributed by atoms with Crippen molar-refractivity contribution < 1.29 is 4.79 Å². The van der Waals surface area contributed by atoms with Crippen LogP contribution in [0.1, 0.15) is 33.6 Å². The maximum atomic E-state index is 11.1. The summed E-state index contributed by atoms with van der Waals surface area (Å²) in [5, 5.41) is 2.37. The lowest BCUT2D eigenvalue weighted by atomic mass is 10.2. The van der Waals surface area contributed by atoms with E-state index < -0.39 is 5.38 Å². The third-order valence-electron chi connectivity index (χ3n) is 2.48. The highest BCUT2D eigenvalue weighted by Crippen LogP contribution is 1.98. The summed E-state index contributed by atoms with van der Waals surface area (Å²) in [6.07, 6.45) is 2.11. The molecule has 0 aromatic rings. The van der Waals surface area contributed by atoms with Gasteiger partial charge in [0.25, 0.3) is 0 Å². The van der Waals surface area contributed by atoms with E-state index in [2.05, 4.69) is 31.1 Å². The van der Waals surface area contributed by atoms with Crippen molar-refractivity contribution in [2.24, 2.45) is 0 Å². The largest absolute Gasteiger partial charge is 0.355 e. The van der Waals surface area contributed by atoms with Crippen molar-refractivity contribution in [3.8, 4) is 0 Å². The minimum Gasteiger partial charge on any atom is -0.355 e. The van der Waals surface area contributed by atoms with Crippen LogP contribution in [0.25, 0.3) is 0 Å². The van der Waals surface area contributed by atoms with E-state index in [0.29, 0.717) is 6.04 Å². The fraction of sp³-hybridized carbons (Fsp3) is 0.909. The highest BCUT2D eigenvalue weighted by atomic mass is 35.5. The molecule has 15 heavy (non-hydrogen) atoms. The maximum Gasteiger partial charge on any atom is 0.237 e. The average molecular weight is 235 g/mol. The maximum absolute atomic E-state index is 11.1. The second-order valence-corrected chi connectivity index (χ2v) is 4.84. The summed E-state index contributed by atoms with van der Waals surface area (Å²) in [5.74, 6) is -0.0751. The van der Waals surface area contributed by atoms with Gasteiger partial charge in [-0.05, 0) is 47.2 Å². The number of amides is 1. The molecule has 3 nitrogen and oxygen atoms in total. The van der Waals surface area contributed by atoms with Gasteiger partial charge in [0.15, 0.2) is 0 Å². The molecule has 1 unspecified atom stereocenters. The minimum atomic E-state index is -0.427. The van der Waals surface area contributed by atoms with Crippen LogP contribution < -0.4 is 5.32 Å². The van der Waals surface area contributed by atoms with Gasteiger partial charge in [-0.15, -0.1) is 11.6 Å². The summed E-state index contributed by atoms with van der Waals surface area (Å²) in [4.78, 5) is 13.4. The zero-order valence-electron chi connectivity index (χ0n) is 10.2. The first-order chi connectivity index (χ1) is 6.95. The normalized spacial score (nSPS) is 13.3. The first-order valence-corrected chi connectivity index (χ1v) is 6.00. The van der Waals surface area contributed by atoms with Crippen molar-refractivity contribution in [3.63, 3.8) is 0 Å². The lowest BCUT2D eigenvalue weighted by Gasteiger charge is -2.20. The summed E-state index contributed by atoms with van der Waals surface area (Å²) in [7, 11) is 2.12. The van der Waals surface area contributed by atoms with E-state index in [0.717, 1.165) is 25.9 Å². The van der Waals surface area contributed by atoms with Crippen molar-refractivity contribution >= 4 is 17.5 Å². The molecule has 0 heterocycles. The standard InChI is InChI=1S/C11H23ClN2O/c1-9(2)14(4)8-6-5-7-13-11(15)10(3)12/h9-10H,5-8H2,1-4H3,(H,13,15). The number of carbonyl (C=O) groups is 1. The van der Waals surface area contributed by atoms with E-state index in [-0.39, 0.29) is 5.91 Å². The Bertz CT molecular complexity index is 183. The van der Waals surface area contributed by atoms with Crippen LogP contribution in [0.2, 0.25) is 0 Å². The molecule has 0 aromatic carbocycles. The Morgan fingerprint density at radius 3 is 2.40 bits per heavy atom. The summed E-state index contributed by atoms with van der Waals surface area (Å²) in [6, 6.07) is 0.586. The molecule has 1 atom stereocenters. The zero-order valence-corrected chi connectivity index (χ0v) is 11.0. The monoisotopic (exact) mass is 234 g/mol. The molecule has 0 aliphatic rings. The van der Waals surface area contributed by atoms with Crippen LogP contribution in [0.3, 0.4) is 0 Å². The Kier molecular flexibility index (Phi) is 7.79. The van der Waals surface area contributed by atoms with Gasteiger partial charge in [0.05, 0.1) is 0 Å². The Labute approximate surface area is 98.2 Å². The van der Waals surface area contributed by atoms with E-state index in [9.17, 15) is 4.79 Å². The molecule has 0 bridgehead atoms. The Morgan fingerprint density at radius 2 is 1.93 bits per heavy atom. The molecule has 4 heteroatoms. The van der Waals surface area contributed by atoms with E-state index in [4.69, 9.17) is 11.6 Å². The van der Waals surface area contributed by atoms with Gasteiger partial charge >= 0.3 is 0 Å². The zero-order chi connectivity index (χ0) is 11.8. The van der Waals surface area contributed by atoms with Gasteiger partial charge in [-0.25, -0.2) is 0 Å². The van der Waals surface area contributed by atoms with Gasteiger partial charge in [0.1, 0.15) is 5.38 Å². The predicted octanol–water partition coefficient (Wildman–Crippen LogP) is 1.85. The molecule has 0 saturated heterocycles. The van der Waals surface area contributed by atoms with Crippen molar-refractivity contribution in [2.45, 2.75) is 45.0 Å². The summed E-state index contributed by atoms with van der Waals surface area (Å²) >= 11 is 5.61. The van der Waals surface area contributed by atoms with Gasteiger partial charge in [0.2, 0.25) is 5.91 Å². The molecule has 0 aromatic heterocycles. The van der Waals surface area contributed by atoms with Crippen LogP contribution in [0.15, 0.2) is 0 Å². The van der Waals surface area contributed by atoms with Crippen LogP contribution in [-0.2, 0) is 4.79 Å². The fourth-order valence-corrected chi connectivity index (χ4v) is 1.17. The number of hydrogen-bond donors (Lipinski definition) is 1. The molecule has 0 saturated carbocycles. The van der Waals surface area contributed by atoms with E-state index in [1.807, 2.05) is 0 Å². The molecule has 0 fully saturated rings. The van der Waals surface area contributed by atoms with Crippen LogP contribution >= 0.6 is 11.6 Å². The predicted molar refractivity (Wildman–Crippen MR) is 65.3 cm³/mol. The van der Waals surface area contributed by atoms with Gasteiger partial charge in [-0.2, -0.15) is 0 Å². The molecular formula is C11H23ClN2O. The number of nitrogens with zero attached hydrogens (tertiary/aromatic N) is 1. The quantitative estimate of drug-likeness (QED) is 0.539. The van der Waals surface area contributed by atoms with Crippen LogP contribution in [-0.4, -0.2) is 42.4 Å². The van der Waals surface area contributed by atoms with Crippen molar-refractivity contribution in [3.05, 3.63) is 0 Å². The summed E-state index contributed by atoms with van der Waals surface area (Å²) in [6.45, 7) is 7.84. The molecule has 1 N–H and O–H groups in total. The fourth-order valence-electron chi connectivity index (χ4n) is 1.10. The van der Waals surface area contributed by atoms with E-state index in [1.54, 1.807) is 6.92 Å². The van der Waals surface area contributed by atoms with Crippen molar-refractivity contribution in [1.82, 2.24) is 10.2 Å². The smallest absolute Gasteiger partial charge is 0.237 e. The highest BCUT2D eigenvalue weighted by molar-refractivity contribution is 6.30. The lowest BCUT2D eigenvalue weighted by Crippen LogP contribution is -2.31. The van der Waals surface area contributed by atoms with Gasteiger partial charge in [-0.1, -0.05) is 0 Å². The topological polar surface area (TPSA) is 32.3 Å². The Balaban J connectivity index is 3.36. The van der Waals surface area contributed by atoms with E-state index in [1.165, 1.54) is 0 Å². The molecule has 0 spiro atoms.